The fourth-order valence-corrected chi connectivity index (χ4v) is 2.14. The largest absolute Gasteiger partial charge is 0.508 e. The highest BCUT2D eigenvalue weighted by Gasteiger charge is 2.14. The summed E-state index contributed by atoms with van der Waals surface area (Å²) in [6.45, 7) is 13.7. The van der Waals surface area contributed by atoms with E-state index < -0.39 is 0 Å². The van der Waals surface area contributed by atoms with Gasteiger partial charge in [0.25, 0.3) is 0 Å². The summed E-state index contributed by atoms with van der Waals surface area (Å²) in [4.78, 5) is 0. The molecule has 0 spiro atoms. The SMILES string of the molecule is CC(C)(C)CCc1cccc(C(C)(C)C)c1.Oc1ccccc1. The fraction of sp³-hybridized carbons (Fsp3) is 0.455. The number of phenolic OH excluding ortho intramolecular Hbond substituents is 1. The van der Waals surface area contributed by atoms with Crippen molar-refractivity contribution in [2.75, 3.05) is 0 Å². The Morgan fingerprint density at radius 2 is 1.39 bits per heavy atom. The van der Waals surface area contributed by atoms with E-state index in [0.717, 1.165) is 0 Å². The van der Waals surface area contributed by atoms with Gasteiger partial charge in [0.2, 0.25) is 0 Å². The first-order valence-corrected chi connectivity index (χ1v) is 8.41. The van der Waals surface area contributed by atoms with Crippen molar-refractivity contribution in [1.29, 1.82) is 0 Å². The number of aromatic hydroxyl groups is 1. The van der Waals surface area contributed by atoms with E-state index in [0.29, 0.717) is 11.2 Å². The summed E-state index contributed by atoms with van der Waals surface area (Å²) in [5.41, 5.74) is 3.61. The highest BCUT2D eigenvalue weighted by molar-refractivity contribution is 5.28. The zero-order valence-corrected chi connectivity index (χ0v) is 15.6. The van der Waals surface area contributed by atoms with Crippen LogP contribution in [0, 0.1) is 5.41 Å². The molecular weight excluding hydrogens is 280 g/mol. The van der Waals surface area contributed by atoms with Gasteiger partial charge < -0.3 is 5.11 Å². The highest BCUT2D eigenvalue weighted by atomic mass is 16.3. The summed E-state index contributed by atoms with van der Waals surface area (Å²) in [5.74, 6) is 0.322. The first-order chi connectivity index (χ1) is 10.6. The number of hydrogen-bond donors (Lipinski definition) is 1. The Morgan fingerprint density at radius 1 is 0.783 bits per heavy atom. The molecule has 0 unspecified atom stereocenters. The lowest BCUT2D eigenvalue weighted by atomic mass is 9.84. The normalized spacial score (nSPS) is 11.6. The fourth-order valence-electron chi connectivity index (χ4n) is 2.14. The van der Waals surface area contributed by atoms with Crippen molar-refractivity contribution in [3.8, 4) is 5.75 Å². The highest BCUT2D eigenvalue weighted by Crippen LogP contribution is 2.25. The van der Waals surface area contributed by atoms with Crippen LogP contribution < -0.4 is 0 Å². The third kappa shape index (κ3) is 8.44. The first-order valence-electron chi connectivity index (χ1n) is 8.41. The number of benzene rings is 2. The average Bonchev–Trinajstić information content (AvgIpc) is 2.45. The van der Waals surface area contributed by atoms with Crippen LogP contribution in [0.3, 0.4) is 0 Å². The molecule has 1 nitrogen and oxygen atoms in total. The van der Waals surface area contributed by atoms with Crippen molar-refractivity contribution in [3.63, 3.8) is 0 Å². The van der Waals surface area contributed by atoms with Gasteiger partial charge in [-0.25, -0.2) is 0 Å². The molecule has 0 bridgehead atoms. The molecule has 0 atom stereocenters. The minimum absolute atomic E-state index is 0.262. The molecule has 23 heavy (non-hydrogen) atoms. The smallest absolute Gasteiger partial charge is 0.115 e. The Balaban J connectivity index is 0.000000313. The van der Waals surface area contributed by atoms with Crippen LogP contribution in [0.5, 0.6) is 5.75 Å². The minimum atomic E-state index is 0.262. The number of para-hydroxylation sites is 1. The van der Waals surface area contributed by atoms with Gasteiger partial charge >= 0.3 is 0 Å². The Morgan fingerprint density at radius 3 is 1.83 bits per heavy atom. The molecule has 0 radical (unpaired) electrons. The third-order valence-corrected chi connectivity index (χ3v) is 3.71. The van der Waals surface area contributed by atoms with Gasteiger partial charge in [-0.05, 0) is 46.9 Å². The van der Waals surface area contributed by atoms with Gasteiger partial charge in [-0.3, -0.25) is 0 Å². The van der Waals surface area contributed by atoms with Gasteiger partial charge in [0, 0.05) is 0 Å². The van der Waals surface area contributed by atoms with Crippen molar-refractivity contribution >= 4 is 0 Å². The molecule has 0 fully saturated rings. The van der Waals surface area contributed by atoms with Crippen LogP contribution in [-0.4, -0.2) is 5.11 Å². The summed E-state index contributed by atoms with van der Waals surface area (Å²) in [6, 6.07) is 17.8. The summed E-state index contributed by atoms with van der Waals surface area (Å²) in [5, 5.41) is 8.63. The number of rotatable bonds is 2. The first kappa shape index (κ1) is 19.3. The number of aryl methyl sites for hydroxylation is 1. The Kier molecular flexibility index (Phi) is 6.87. The molecule has 0 aliphatic heterocycles. The van der Waals surface area contributed by atoms with E-state index in [9.17, 15) is 0 Å². The predicted octanol–water partition coefficient (Wildman–Crippen LogP) is 6.36. The van der Waals surface area contributed by atoms with Crippen molar-refractivity contribution in [2.45, 2.75) is 59.8 Å². The Labute approximate surface area is 142 Å². The molecule has 2 rings (SSSR count). The third-order valence-electron chi connectivity index (χ3n) is 3.71. The molecule has 0 saturated carbocycles. The van der Waals surface area contributed by atoms with Crippen molar-refractivity contribution < 1.29 is 5.11 Å². The summed E-state index contributed by atoms with van der Waals surface area (Å²) in [6.07, 6.45) is 2.44. The molecule has 1 heteroatoms. The molecule has 126 valence electrons. The van der Waals surface area contributed by atoms with E-state index in [4.69, 9.17) is 5.11 Å². The van der Waals surface area contributed by atoms with E-state index >= 15 is 0 Å². The lowest BCUT2D eigenvalue weighted by Crippen LogP contribution is -2.12. The molecular formula is C22H32O. The number of hydrogen-bond acceptors (Lipinski definition) is 1. The van der Waals surface area contributed by atoms with Crippen molar-refractivity contribution in [3.05, 3.63) is 65.7 Å². The van der Waals surface area contributed by atoms with E-state index in [2.05, 4.69) is 65.8 Å². The zero-order valence-electron chi connectivity index (χ0n) is 15.6. The zero-order chi connectivity index (χ0) is 17.5. The van der Waals surface area contributed by atoms with Crippen molar-refractivity contribution in [1.82, 2.24) is 0 Å². The molecule has 0 amide bonds. The van der Waals surface area contributed by atoms with Gasteiger partial charge in [0.15, 0.2) is 0 Å². The summed E-state index contributed by atoms with van der Waals surface area (Å²) >= 11 is 0. The quantitative estimate of drug-likeness (QED) is 0.684. The van der Waals surface area contributed by atoms with Gasteiger partial charge in [0.1, 0.15) is 5.75 Å². The summed E-state index contributed by atoms with van der Waals surface area (Å²) in [7, 11) is 0. The second kappa shape index (κ2) is 8.19. The van der Waals surface area contributed by atoms with E-state index in [1.165, 1.54) is 24.0 Å². The molecule has 2 aromatic rings. The van der Waals surface area contributed by atoms with Gasteiger partial charge in [-0.15, -0.1) is 0 Å². The lowest BCUT2D eigenvalue weighted by molar-refractivity contribution is 0.378. The van der Waals surface area contributed by atoms with E-state index in [-0.39, 0.29) is 5.41 Å². The standard InChI is InChI=1S/C16H26.C6H6O/c1-15(2,3)11-10-13-8-7-9-14(12-13)16(4,5)6;7-6-4-2-1-3-5-6/h7-9,12H,10-11H2,1-6H3;1-5,7H. The monoisotopic (exact) mass is 312 g/mol. The second-order valence-corrected chi connectivity index (χ2v) is 8.35. The van der Waals surface area contributed by atoms with Crippen LogP contribution in [0.25, 0.3) is 0 Å². The van der Waals surface area contributed by atoms with Gasteiger partial charge in [-0.2, -0.15) is 0 Å². The van der Waals surface area contributed by atoms with Crippen LogP contribution in [0.1, 0.15) is 59.1 Å². The minimum Gasteiger partial charge on any atom is -0.508 e. The van der Waals surface area contributed by atoms with Crippen LogP contribution in [-0.2, 0) is 11.8 Å². The van der Waals surface area contributed by atoms with E-state index in [1.54, 1.807) is 24.3 Å². The average molecular weight is 312 g/mol. The molecule has 0 saturated heterocycles. The van der Waals surface area contributed by atoms with Crippen molar-refractivity contribution in [2.24, 2.45) is 5.41 Å². The van der Waals surface area contributed by atoms with Crippen LogP contribution >= 0.6 is 0 Å². The molecule has 0 heterocycles. The Hall–Kier alpha value is -1.76. The molecule has 0 aliphatic rings. The van der Waals surface area contributed by atoms with E-state index in [1.807, 2.05) is 6.07 Å². The van der Waals surface area contributed by atoms with Crippen LogP contribution in [0.15, 0.2) is 54.6 Å². The van der Waals surface area contributed by atoms with Gasteiger partial charge in [-0.1, -0.05) is 84.0 Å². The summed E-state index contributed by atoms with van der Waals surface area (Å²) < 4.78 is 0. The second-order valence-electron chi connectivity index (χ2n) is 8.35. The number of phenols is 1. The maximum Gasteiger partial charge on any atom is 0.115 e. The maximum atomic E-state index is 8.63. The van der Waals surface area contributed by atoms with Crippen LogP contribution in [0.4, 0.5) is 0 Å². The molecule has 1 N–H and O–H groups in total. The Bertz CT molecular complexity index is 571. The maximum absolute atomic E-state index is 8.63. The predicted molar refractivity (Wildman–Crippen MR) is 101 cm³/mol. The molecule has 0 aromatic heterocycles. The topological polar surface area (TPSA) is 20.2 Å². The molecule has 0 aliphatic carbocycles. The van der Waals surface area contributed by atoms with Gasteiger partial charge in [0.05, 0.1) is 0 Å². The molecule has 2 aromatic carbocycles. The van der Waals surface area contributed by atoms with Crippen LogP contribution in [0.2, 0.25) is 0 Å². The lowest BCUT2D eigenvalue weighted by Gasteiger charge is -2.21.